The maximum Gasteiger partial charge on any atom is 0.289 e. The molecule has 2 amide bonds. The van der Waals surface area contributed by atoms with Crippen molar-refractivity contribution in [2.45, 2.75) is 25.2 Å². The quantitative estimate of drug-likeness (QED) is 0.335. The fourth-order valence-electron chi connectivity index (χ4n) is 3.97. The lowest BCUT2D eigenvalue weighted by Crippen LogP contribution is -2.42. The number of carbonyl (C=O) groups is 2. The van der Waals surface area contributed by atoms with Crippen molar-refractivity contribution in [1.82, 2.24) is 20.7 Å². The number of carbonyl (C=O) groups excluding carboxylic acids is 2. The molecule has 0 radical (unpaired) electrons. The van der Waals surface area contributed by atoms with Gasteiger partial charge in [-0.2, -0.15) is 0 Å². The van der Waals surface area contributed by atoms with E-state index in [0.29, 0.717) is 5.69 Å². The summed E-state index contributed by atoms with van der Waals surface area (Å²) in [5.41, 5.74) is 8.22. The van der Waals surface area contributed by atoms with Gasteiger partial charge in [-0.25, -0.2) is 4.98 Å². The third-order valence-electron chi connectivity index (χ3n) is 6.04. The van der Waals surface area contributed by atoms with E-state index >= 15 is 0 Å². The Kier molecular flexibility index (Phi) is 8.50. The topological polar surface area (TPSA) is 89.6 Å². The van der Waals surface area contributed by atoms with Crippen molar-refractivity contribution in [2.24, 2.45) is 0 Å². The molecule has 1 saturated heterocycles. The zero-order valence-corrected chi connectivity index (χ0v) is 22.0. The van der Waals surface area contributed by atoms with Gasteiger partial charge in [-0.15, -0.1) is 11.3 Å². The predicted molar refractivity (Wildman–Crippen MR) is 148 cm³/mol. The van der Waals surface area contributed by atoms with Crippen LogP contribution in [0, 0.1) is 0 Å². The Labute approximate surface area is 220 Å². The molecular formula is C26H30N6O2S2. The first-order chi connectivity index (χ1) is 17.4. The highest BCUT2D eigenvalue weighted by Gasteiger charge is 2.25. The van der Waals surface area contributed by atoms with E-state index in [1.54, 1.807) is 5.38 Å². The molecule has 0 unspecified atom stereocenters. The lowest BCUT2D eigenvalue weighted by molar-refractivity contribution is -0.121. The molecule has 2 heterocycles. The molecule has 0 aliphatic carbocycles. The van der Waals surface area contributed by atoms with Gasteiger partial charge < -0.3 is 15.1 Å². The van der Waals surface area contributed by atoms with Crippen LogP contribution in [0.3, 0.4) is 0 Å². The van der Waals surface area contributed by atoms with Gasteiger partial charge in [-0.3, -0.25) is 20.4 Å². The van der Waals surface area contributed by atoms with E-state index in [9.17, 15) is 9.59 Å². The van der Waals surface area contributed by atoms with Gasteiger partial charge in [0.25, 0.3) is 5.91 Å². The predicted octanol–water partition coefficient (Wildman–Crippen LogP) is 3.79. The molecule has 0 bridgehead atoms. The minimum absolute atomic E-state index is 0.195. The molecule has 0 atom stereocenters. The number of nitrogens with one attached hydrogen (secondary N) is 3. The van der Waals surface area contributed by atoms with Crippen LogP contribution in [0.1, 0.15) is 39.8 Å². The van der Waals surface area contributed by atoms with Crippen LogP contribution in [0.2, 0.25) is 0 Å². The Morgan fingerprint density at radius 2 is 1.75 bits per heavy atom. The van der Waals surface area contributed by atoms with Gasteiger partial charge in [0.15, 0.2) is 5.11 Å². The average molecular weight is 523 g/mol. The van der Waals surface area contributed by atoms with Gasteiger partial charge in [0.05, 0.1) is 11.4 Å². The van der Waals surface area contributed by atoms with Crippen molar-refractivity contribution in [3.63, 3.8) is 0 Å². The number of hydrogen-bond donors (Lipinski definition) is 3. The highest BCUT2D eigenvalue weighted by atomic mass is 32.1. The van der Waals surface area contributed by atoms with Crippen LogP contribution in [0.5, 0.6) is 0 Å². The minimum Gasteiger partial charge on any atom is -0.378 e. The fraction of sp³-hybridized carbons (Fsp3) is 0.308. The van der Waals surface area contributed by atoms with E-state index in [4.69, 9.17) is 12.2 Å². The summed E-state index contributed by atoms with van der Waals surface area (Å²) in [7, 11) is 4.03. The largest absolute Gasteiger partial charge is 0.378 e. The average Bonchev–Trinajstić information content (AvgIpc) is 3.39. The Morgan fingerprint density at radius 1 is 1.06 bits per heavy atom. The summed E-state index contributed by atoms with van der Waals surface area (Å²) >= 11 is 7.11. The Bertz CT molecular complexity index is 1190. The first-order valence-electron chi connectivity index (χ1n) is 11.8. The molecule has 1 aliphatic heterocycles. The smallest absolute Gasteiger partial charge is 0.289 e. The molecule has 2 aromatic carbocycles. The van der Waals surface area contributed by atoms with Gasteiger partial charge in [-0.1, -0.05) is 30.3 Å². The van der Waals surface area contributed by atoms with Crippen LogP contribution in [0.4, 0.5) is 11.4 Å². The number of hydrogen-bond acceptors (Lipinski definition) is 6. The molecule has 3 N–H and O–H groups in total. The molecule has 188 valence electrons. The summed E-state index contributed by atoms with van der Waals surface area (Å²) in [5, 5.41) is 6.73. The first kappa shape index (κ1) is 25.6. The molecule has 36 heavy (non-hydrogen) atoms. The van der Waals surface area contributed by atoms with E-state index in [2.05, 4.69) is 43.1 Å². The highest BCUT2D eigenvalue weighted by molar-refractivity contribution is 7.80. The van der Waals surface area contributed by atoms with Crippen molar-refractivity contribution in [3.05, 3.63) is 76.2 Å². The lowest BCUT2D eigenvalue weighted by atomic mass is 9.98. The molecule has 10 heteroatoms. The molecular weight excluding hydrogens is 492 g/mol. The van der Waals surface area contributed by atoms with Crippen LogP contribution in [-0.4, -0.2) is 54.0 Å². The second kappa shape index (κ2) is 12.0. The zero-order valence-electron chi connectivity index (χ0n) is 20.4. The number of amides is 2. The first-order valence-corrected chi connectivity index (χ1v) is 13.1. The zero-order chi connectivity index (χ0) is 25.5. The second-order valence-electron chi connectivity index (χ2n) is 8.87. The van der Waals surface area contributed by atoms with E-state index < -0.39 is 5.91 Å². The fourth-order valence-corrected chi connectivity index (χ4v) is 5.24. The van der Waals surface area contributed by atoms with E-state index in [1.165, 1.54) is 11.3 Å². The highest BCUT2D eigenvalue weighted by Crippen LogP contribution is 2.30. The van der Waals surface area contributed by atoms with E-state index in [1.807, 2.05) is 56.6 Å². The van der Waals surface area contributed by atoms with Crippen molar-refractivity contribution in [3.8, 4) is 0 Å². The molecule has 4 rings (SSSR count). The monoisotopic (exact) mass is 522 g/mol. The number of piperidine rings is 1. The van der Waals surface area contributed by atoms with E-state index in [-0.39, 0.29) is 18.2 Å². The number of thiazole rings is 1. The maximum absolute atomic E-state index is 12.5. The summed E-state index contributed by atoms with van der Waals surface area (Å²) < 4.78 is 0. The molecule has 8 nitrogen and oxygen atoms in total. The third kappa shape index (κ3) is 6.79. The van der Waals surface area contributed by atoms with Crippen molar-refractivity contribution < 1.29 is 9.59 Å². The number of nitrogens with zero attached hydrogens (tertiary/aromatic N) is 3. The van der Waals surface area contributed by atoms with Crippen LogP contribution in [-0.2, 0) is 11.2 Å². The molecule has 0 spiro atoms. The molecule has 1 aliphatic rings. The molecule has 3 aromatic rings. The van der Waals surface area contributed by atoms with Crippen molar-refractivity contribution in [2.75, 3.05) is 37.4 Å². The van der Waals surface area contributed by atoms with Gasteiger partial charge in [0, 0.05) is 49.9 Å². The molecule has 1 aromatic heterocycles. The Balaban J connectivity index is 1.22. The summed E-state index contributed by atoms with van der Waals surface area (Å²) in [5.74, 6) is -0.416. The van der Waals surface area contributed by atoms with Crippen LogP contribution in [0.15, 0.2) is 60.0 Å². The van der Waals surface area contributed by atoms with Gasteiger partial charge in [0.1, 0.15) is 5.69 Å². The SMILES string of the molecule is CN(C)c1ccc(NC(=S)N2CCC(c3nc(C(=O)NNC(=O)Cc4ccccc4)cs3)CC2)cc1. The minimum atomic E-state index is -0.415. The van der Waals surface area contributed by atoms with Crippen molar-refractivity contribution >= 4 is 51.9 Å². The number of rotatable bonds is 6. The summed E-state index contributed by atoms with van der Waals surface area (Å²) in [6, 6.07) is 17.5. The van der Waals surface area contributed by atoms with Gasteiger partial charge in [-0.05, 0) is 54.9 Å². The van der Waals surface area contributed by atoms with Crippen LogP contribution >= 0.6 is 23.6 Å². The lowest BCUT2D eigenvalue weighted by Gasteiger charge is -2.33. The summed E-state index contributed by atoms with van der Waals surface area (Å²) in [4.78, 5) is 33.3. The number of anilines is 2. The second-order valence-corrected chi connectivity index (χ2v) is 10.1. The van der Waals surface area contributed by atoms with Crippen LogP contribution in [0.25, 0.3) is 0 Å². The third-order valence-corrected chi connectivity index (χ3v) is 7.41. The Morgan fingerprint density at radius 3 is 2.42 bits per heavy atom. The Hall–Kier alpha value is -3.50. The number of hydrazine groups is 1. The number of benzene rings is 2. The van der Waals surface area contributed by atoms with E-state index in [0.717, 1.165) is 53.0 Å². The van der Waals surface area contributed by atoms with Gasteiger partial charge >= 0.3 is 0 Å². The summed E-state index contributed by atoms with van der Waals surface area (Å²) in [6.45, 7) is 1.64. The number of likely N-dealkylation sites (tertiary alicyclic amines) is 1. The standard InChI is InChI=1S/C26H30N6O2S2/c1-31(2)21-10-8-20(9-11-21)27-26(35)32-14-12-19(13-15-32)25-28-22(17-36-25)24(34)30-29-23(33)16-18-6-4-3-5-7-18/h3-11,17,19H,12-16H2,1-2H3,(H,27,35)(H,29,33)(H,30,34). The number of aromatic nitrogens is 1. The maximum atomic E-state index is 12.5. The molecule has 0 saturated carbocycles. The van der Waals surface area contributed by atoms with Crippen LogP contribution < -0.4 is 21.1 Å². The molecule has 1 fully saturated rings. The number of thiocarbonyl (C=S) groups is 1. The van der Waals surface area contributed by atoms with Gasteiger partial charge in [0.2, 0.25) is 5.91 Å². The summed E-state index contributed by atoms with van der Waals surface area (Å²) in [6.07, 6.45) is 2.01. The van der Waals surface area contributed by atoms with Crippen molar-refractivity contribution in [1.29, 1.82) is 0 Å². The normalized spacial score (nSPS) is 13.7.